The highest BCUT2D eigenvalue weighted by molar-refractivity contribution is 9.11. The van der Waals surface area contributed by atoms with E-state index in [1.807, 2.05) is 6.92 Å². The molecule has 0 heterocycles. The molecule has 0 radical (unpaired) electrons. The van der Waals surface area contributed by atoms with E-state index in [-0.39, 0.29) is 5.41 Å². The average Bonchev–Trinajstić information content (AvgIpc) is 3.00. The Kier molecular flexibility index (Phi) is 3.21. The Bertz CT molecular complexity index is 571. The summed E-state index contributed by atoms with van der Waals surface area (Å²) in [7, 11) is 0. The third kappa shape index (κ3) is 1.75. The number of halogens is 3. The molecule has 1 unspecified atom stereocenters. The molecular weight excluding hydrogens is 436 g/mol. The van der Waals surface area contributed by atoms with Gasteiger partial charge in [-0.15, -0.1) is 0 Å². The maximum Gasteiger partial charge on any atom is 0.133 e. The van der Waals surface area contributed by atoms with Crippen molar-refractivity contribution in [1.82, 2.24) is 0 Å². The van der Waals surface area contributed by atoms with Gasteiger partial charge in [0.05, 0.1) is 4.47 Å². The van der Waals surface area contributed by atoms with Crippen LogP contribution in [-0.2, 0) is 5.41 Å². The van der Waals surface area contributed by atoms with Crippen LogP contribution in [0.3, 0.4) is 0 Å². The maximum atomic E-state index is 10.6. The zero-order chi connectivity index (χ0) is 14.2. The van der Waals surface area contributed by atoms with Gasteiger partial charge in [0.1, 0.15) is 5.75 Å². The third-order valence-corrected chi connectivity index (χ3v) is 8.37. The Hall–Kier alpha value is 0.460. The second-order valence-electron chi connectivity index (χ2n) is 6.47. The molecule has 2 aliphatic rings. The summed E-state index contributed by atoms with van der Waals surface area (Å²) in [5, 5.41) is 10.6. The molecule has 4 heteroatoms. The molecule has 0 spiro atoms. The van der Waals surface area contributed by atoms with Crippen molar-refractivity contribution in [3.63, 3.8) is 0 Å². The van der Waals surface area contributed by atoms with Crippen LogP contribution in [0, 0.1) is 18.3 Å². The molecule has 1 nitrogen and oxygen atoms in total. The number of hydrogen-bond donors (Lipinski definition) is 1. The van der Waals surface area contributed by atoms with Gasteiger partial charge >= 0.3 is 0 Å². The molecule has 0 aliphatic heterocycles. The van der Waals surface area contributed by atoms with Crippen molar-refractivity contribution in [2.24, 2.45) is 11.3 Å². The molecule has 2 fully saturated rings. The van der Waals surface area contributed by atoms with Crippen molar-refractivity contribution in [3.8, 4) is 5.75 Å². The SMILES string of the molecule is Cc1c(Br)cc([C@]2(C)CC(Br)[C@@H]3C[C@@]32C)c(O)c1Br. The summed E-state index contributed by atoms with van der Waals surface area (Å²) < 4.78 is 1.88. The zero-order valence-electron chi connectivity index (χ0n) is 11.2. The van der Waals surface area contributed by atoms with Crippen molar-refractivity contribution in [2.45, 2.75) is 43.9 Å². The standard InChI is InChI=1S/C15H17Br3O/c1-7-10(16)4-8(13(19)12(7)18)15(3)6-11(17)9-5-14(9,15)2/h4,9,11,19H,5-6H2,1-3H3/t9-,11?,14-,15-/m0/s1. The van der Waals surface area contributed by atoms with E-state index in [1.54, 1.807) is 0 Å². The second-order valence-corrected chi connectivity index (χ2v) is 9.30. The van der Waals surface area contributed by atoms with Gasteiger partial charge in [-0.2, -0.15) is 0 Å². The van der Waals surface area contributed by atoms with Crippen LogP contribution >= 0.6 is 47.8 Å². The first-order valence-electron chi connectivity index (χ1n) is 6.54. The van der Waals surface area contributed by atoms with E-state index in [1.165, 1.54) is 6.42 Å². The summed E-state index contributed by atoms with van der Waals surface area (Å²) in [5.41, 5.74) is 2.47. The smallest absolute Gasteiger partial charge is 0.133 e. The number of fused-ring (bicyclic) bond motifs is 1. The van der Waals surface area contributed by atoms with E-state index < -0.39 is 0 Å². The van der Waals surface area contributed by atoms with E-state index in [4.69, 9.17) is 0 Å². The second kappa shape index (κ2) is 4.23. The molecule has 1 aromatic carbocycles. The lowest BCUT2D eigenvalue weighted by atomic mass is 9.70. The minimum absolute atomic E-state index is 0.0364. The van der Waals surface area contributed by atoms with E-state index >= 15 is 0 Å². The van der Waals surface area contributed by atoms with Crippen LogP contribution in [0.4, 0.5) is 0 Å². The fraction of sp³-hybridized carbons (Fsp3) is 0.600. The van der Waals surface area contributed by atoms with Gasteiger partial charge in [0.2, 0.25) is 0 Å². The first-order valence-corrected chi connectivity index (χ1v) is 9.04. The fourth-order valence-electron chi connectivity index (χ4n) is 3.87. The molecule has 1 N–H and O–H groups in total. The molecule has 2 aliphatic carbocycles. The molecule has 19 heavy (non-hydrogen) atoms. The first kappa shape index (κ1) is 14.4. The molecule has 2 saturated carbocycles. The van der Waals surface area contributed by atoms with Gasteiger partial charge in [0.25, 0.3) is 0 Å². The molecule has 0 amide bonds. The van der Waals surface area contributed by atoms with Gasteiger partial charge in [0.15, 0.2) is 0 Å². The minimum atomic E-state index is 0.0364. The molecule has 0 bridgehead atoms. The molecule has 4 atom stereocenters. The van der Waals surface area contributed by atoms with Crippen molar-refractivity contribution < 1.29 is 5.11 Å². The number of alkyl halides is 1. The Labute approximate surface area is 139 Å². The van der Waals surface area contributed by atoms with Gasteiger partial charge in [0, 0.05) is 20.3 Å². The lowest BCUT2D eigenvalue weighted by molar-refractivity contribution is 0.299. The minimum Gasteiger partial charge on any atom is -0.506 e. The van der Waals surface area contributed by atoms with Crippen LogP contribution in [0.5, 0.6) is 5.75 Å². The summed E-state index contributed by atoms with van der Waals surface area (Å²) in [5.74, 6) is 1.16. The van der Waals surface area contributed by atoms with Crippen molar-refractivity contribution in [1.29, 1.82) is 0 Å². The number of aromatic hydroxyl groups is 1. The van der Waals surface area contributed by atoms with Gasteiger partial charge < -0.3 is 5.11 Å². The van der Waals surface area contributed by atoms with Gasteiger partial charge in [-0.05, 0) is 58.7 Å². The molecule has 3 rings (SSSR count). The van der Waals surface area contributed by atoms with Crippen LogP contribution in [0.2, 0.25) is 0 Å². The van der Waals surface area contributed by atoms with Crippen LogP contribution in [0.15, 0.2) is 15.0 Å². The fourth-order valence-corrected chi connectivity index (χ4v) is 6.41. The number of benzene rings is 1. The monoisotopic (exact) mass is 450 g/mol. The Morgan fingerprint density at radius 2 is 1.89 bits per heavy atom. The molecule has 1 aromatic rings. The molecule has 0 saturated heterocycles. The Morgan fingerprint density at radius 1 is 1.26 bits per heavy atom. The normalized spacial score (nSPS) is 40.3. The summed E-state index contributed by atoms with van der Waals surface area (Å²) >= 11 is 11.0. The third-order valence-electron chi connectivity index (χ3n) is 5.62. The lowest BCUT2D eigenvalue weighted by Gasteiger charge is -2.35. The first-order chi connectivity index (χ1) is 8.72. The van der Waals surface area contributed by atoms with Crippen LogP contribution in [0.1, 0.15) is 37.8 Å². The van der Waals surface area contributed by atoms with Gasteiger partial charge in [-0.1, -0.05) is 45.7 Å². The van der Waals surface area contributed by atoms with Crippen molar-refractivity contribution in [3.05, 3.63) is 26.1 Å². The van der Waals surface area contributed by atoms with Crippen LogP contribution in [0.25, 0.3) is 0 Å². The highest BCUT2D eigenvalue weighted by Crippen LogP contribution is 2.74. The van der Waals surface area contributed by atoms with E-state index in [2.05, 4.69) is 67.7 Å². The molecule has 104 valence electrons. The van der Waals surface area contributed by atoms with Crippen LogP contribution < -0.4 is 0 Å². The Balaban J connectivity index is 2.18. The zero-order valence-corrected chi connectivity index (χ0v) is 16.0. The lowest BCUT2D eigenvalue weighted by Crippen LogP contribution is -2.30. The molecule has 0 aromatic heterocycles. The van der Waals surface area contributed by atoms with E-state index in [9.17, 15) is 5.11 Å². The topological polar surface area (TPSA) is 20.2 Å². The predicted octanol–water partition coefficient (Wildman–Crippen LogP) is 5.68. The number of phenols is 1. The summed E-state index contributed by atoms with van der Waals surface area (Å²) in [6.45, 7) is 6.67. The number of rotatable bonds is 1. The quantitative estimate of drug-likeness (QED) is 0.544. The van der Waals surface area contributed by atoms with Crippen molar-refractivity contribution in [2.75, 3.05) is 0 Å². The van der Waals surface area contributed by atoms with Gasteiger partial charge in [-0.25, -0.2) is 0 Å². The van der Waals surface area contributed by atoms with Gasteiger partial charge in [-0.3, -0.25) is 0 Å². The summed E-state index contributed by atoms with van der Waals surface area (Å²) in [6, 6.07) is 2.11. The number of hydrogen-bond acceptors (Lipinski definition) is 1. The van der Waals surface area contributed by atoms with Crippen LogP contribution in [-0.4, -0.2) is 9.93 Å². The summed E-state index contributed by atoms with van der Waals surface area (Å²) in [4.78, 5) is 0.570. The van der Waals surface area contributed by atoms with E-state index in [0.29, 0.717) is 16.0 Å². The van der Waals surface area contributed by atoms with E-state index in [0.717, 1.165) is 32.4 Å². The Morgan fingerprint density at radius 3 is 2.37 bits per heavy atom. The predicted molar refractivity (Wildman–Crippen MR) is 89.1 cm³/mol. The molecular formula is C15H17Br3O. The summed E-state index contributed by atoms with van der Waals surface area (Å²) in [6.07, 6.45) is 2.34. The number of phenolic OH excluding ortho intramolecular Hbond substituents is 1. The highest BCUT2D eigenvalue weighted by Gasteiger charge is 2.69. The largest absolute Gasteiger partial charge is 0.506 e. The van der Waals surface area contributed by atoms with Crippen molar-refractivity contribution >= 4 is 47.8 Å². The average molecular weight is 453 g/mol. The maximum absolute atomic E-state index is 10.6. The highest BCUT2D eigenvalue weighted by atomic mass is 79.9.